The van der Waals surface area contributed by atoms with Crippen LogP contribution in [0.15, 0.2) is 36.7 Å². The minimum absolute atomic E-state index is 0.532. The molecule has 2 rings (SSSR count). The van der Waals surface area contributed by atoms with Crippen LogP contribution in [0.3, 0.4) is 0 Å². The molecule has 0 aliphatic heterocycles. The van der Waals surface area contributed by atoms with Gasteiger partial charge in [-0.2, -0.15) is 5.10 Å². The molecule has 0 aliphatic rings. The molecule has 1 aromatic carbocycles. The Morgan fingerprint density at radius 1 is 1.13 bits per heavy atom. The molecule has 0 amide bonds. The largest absolute Gasteiger partial charge is 0.241 e. The van der Waals surface area contributed by atoms with Crippen molar-refractivity contribution in [3.63, 3.8) is 0 Å². The van der Waals surface area contributed by atoms with E-state index >= 15 is 0 Å². The zero-order chi connectivity index (χ0) is 10.8. The molecule has 1 aromatic heterocycles. The fourth-order valence-electron chi connectivity index (χ4n) is 1.47. The fraction of sp³-hybridized carbons (Fsp3) is 0.308. The quantitative estimate of drug-likeness (QED) is 0.727. The normalized spacial score (nSPS) is 10.9. The Morgan fingerprint density at radius 3 is 2.33 bits per heavy atom. The average Bonchev–Trinajstić information content (AvgIpc) is 2.68. The van der Waals surface area contributed by atoms with Crippen LogP contribution in [-0.2, 0) is 0 Å². The third-order valence-corrected chi connectivity index (χ3v) is 2.57. The number of aryl methyl sites for hydroxylation is 1. The van der Waals surface area contributed by atoms with Gasteiger partial charge in [0.25, 0.3) is 0 Å². The molecule has 0 unspecified atom stereocenters. The number of rotatable bonds is 2. The summed E-state index contributed by atoms with van der Waals surface area (Å²) in [7, 11) is 0. The topological polar surface area (TPSA) is 17.8 Å². The highest BCUT2D eigenvalue weighted by atomic mass is 15.3. The van der Waals surface area contributed by atoms with Gasteiger partial charge in [-0.05, 0) is 30.5 Å². The fourth-order valence-corrected chi connectivity index (χ4v) is 1.47. The van der Waals surface area contributed by atoms with Crippen molar-refractivity contribution >= 4 is 0 Å². The molecule has 0 atom stereocenters. The first-order chi connectivity index (χ1) is 7.16. The molecule has 1 heterocycles. The van der Waals surface area contributed by atoms with E-state index in [1.807, 2.05) is 10.9 Å². The Hall–Kier alpha value is -1.57. The lowest BCUT2D eigenvalue weighted by Gasteiger charge is -2.01. The van der Waals surface area contributed by atoms with Gasteiger partial charge in [-0.1, -0.05) is 31.5 Å². The summed E-state index contributed by atoms with van der Waals surface area (Å²) in [6, 6.07) is 8.39. The summed E-state index contributed by atoms with van der Waals surface area (Å²) < 4.78 is 1.93. The van der Waals surface area contributed by atoms with Crippen molar-refractivity contribution < 1.29 is 0 Å². The number of nitrogens with zero attached hydrogens (tertiary/aromatic N) is 2. The molecule has 0 aliphatic carbocycles. The third kappa shape index (κ3) is 2.09. The van der Waals surface area contributed by atoms with Crippen LogP contribution in [0.1, 0.15) is 30.9 Å². The second-order valence-electron chi connectivity index (χ2n) is 4.21. The zero-order valence-corrected chi connectivity index (χ0v) is 9.44. The molecular weight excluding hydrogens is 184 g/mol. The van der Waals surface area contributed by atoms with Crippen LogP contribution in [-0.4, -0.2) is 9.78 Å². The molecule has 0 N–H and O–H groups in total. The highest BCUT2D eigenvalue weighted by molar-refractivity contribution is 5.34. The van der Waals surface area contributed by atoms with Gasteiger partial charge in [0.2, 0.25) is 0 Å². The highest BCUT2D eigenvalue weighted by Gasteiger charge is 2.03. The van der Waals surface area contributed by atoms with Crippen molar-refractivity contribution in [2.24, 2.45) is 0 Å². The average molecular weight is 200 g/mol. The lowest BCUT2D eigenvalue weighted by molar-refractivity contribution is 0.858. The first-order valence-corrected chi connectivity index (χ1v) is 5.28. The van der Waals surface area contributed by atoms with E-state index in [1.165, 1.54) is 11.1 Å². The van der Waals surface area contributed by atoms with E-state index in [-0.39, 0.29) is 0 Å². The van der Waals surface area contributed by atoms with Gasteiger partial charge < -0.3 is 0 Å². The summed E-state index contributed by atoms with van der Waals surface area (Å²) in [5.74, 6) is 0.532. The van der Waals surface area contributed by atoms with Gasteiger partial charge in [0, 0.05) is 6.20 Å². The second kappa shape index (κ2) is 3.89. The SMILES string of the molecule is Cc1ccc(-n2cc(C(C)C)cn2)cc1. The lowest BCUT2D eigenvalue weighted by Crippen LogP contribution is -1.93. The van der Waals surface area contributed by atoms with Crippen LogP contribution in [0.5, 0.6) is 0 Å². The van der Waals surface area contributed by atoms with Crippen LogP contribution in [0.25, 0.3) is 5.69 Å². The maximum Gasteiger partial charge on any atom is 0.0645 e. The highest BCUT2D eigenvalue weighted by Crippen LogP contribution is 2.15. The van der Waals surface area contributed by atoms with E-state index in [9.17, 15) is 0 Å². The minimum atomic E-state index is 0.532. The van der Waals surface area contributed by atoms with Gasteiger partial charge in [-0.3, -0.25) is 0 Å². The van der Waals surface area contributed by atoms with Crippen LogP contribution in [0, 0.1) is 6.92 Å². The summed E-state index contributed by atoms with van der Waals surface area (Å²) in [5.41, 5.74) is 3.66. The van der Waals surface area contributed by atoms with Gasteiger partial charge in [0.1, 0.15) is 0 Å². The molecule has 0 saturated heterocycles. The number of aromatic nitrogens is 2. The van der Waals surface area contributed by atoms with Gasteiger partial charge in [-0.25, -0.2) is 4.68 Å². The van der Waals surface area contributed by atoms with Gasteiger partial charge in [-0.15, -0.1) is 0 Å². The maximum absolute atomic E-state index is 4.35. The van der Waals surface area contributed by atoms with Crippen molar-refractivity contribution in [2.45, 2.75) is 26.7 Å². The van der Waals surface area contributed by atoms with Crippen LogP contribution in [0.2, 0.25) is 0 Å². The van der Waals surface area contributed by atoms with E-state index < -0.39 is 0 Å². The molecule has 15 heavy (non-hydrogen) atoms. The van der Waals surface area contributed by atoms with E-state index in [0.29, 0.717) is 5.92 Å². The van der Waals surface area contributed by atoms with Crippen molar-refractivity contribution in [3.05, 3.63) is 47.8 Å². The summed E-state index contributed by atoms with van der Waals surface area (Å²) in [6.07, 6.45) is 4.03. The molecule has 0 radical (unpaired) electrons. The smallest absolute Gasteiger partial charge is 0.0645 e. The van der Waals surface area contributed by atoms with Crippen LogP contribution >= 0.6 is 0 Å². The predicted octanol–water partition coefficient (Wildman–Crippen LogP) is 3.30. The lowest BCUT2D eigenvalue weighted by atomic mass is 10.1. The molecule has 2 nitrogen and oxygen atoms in total. The molecule has 0 bridgehead atoms. The van der Waals surface area contributed by atoms with Crippen LogP contribution < -0.4 is 0 Å². The third-order valence-electron chi connectivity index (χ3n) is 2.57. The summed E-state index contributed by atoms with van der Waals surface area (Å²) in [5, 5.41) is 4.35. The Balaban J connectivity index is 2.33. The number of hydrogen-bond donors (Lipinski definition) is 0. The maximum atomic E-state index is 4.35. The van der Waals surface area contributed by atoms with Gasteiger partial charge >= 0.3 is 0 Å². The van der Waals surface area contributed by atoms with Crippen molar-refractivity contribution in [2.75, 3.05) is 0 Å². The number of hydrogen-bond acceptors (Lipinski definition) is 1. The summed E-state index contributed by atoms with van der Waals surface area (Å²) in [4.78, 5) is 0. The summed E-state index contributed by atoms with van der Waals surface area (Å²) in [6.45, 7) is 6.44. The van der Waals surface area contributed by atoms with Gasteiger partial charge in [0.15, 0.2) is 0 Å². The van der Waals surface area contributed by atoms with E-state index in [1.54, 1.807) is 0 Å². The van der Waals surface area contributed by atoms with Crippen molar-refractivity contribution in [1.29, 1.82) is 0 Å². The van der Waals surface area contributed by atoms with Crippen LogP contribution in [0.4, 0.5) is 0 Å². The molecule has 0 fully saturated rings. The Morgan fingerprint density at radius 2 is 1.80 bits per heavy atom. The second-order valence-corrected chi connectivity index (χ2v) is 4.21. The van der Waals surface area contributed by atoms with E-state index in [4.69, 9.17) is 0 Å². The van der Waals surface area contributed by atoms with Gasteiger partial charge in [0.05, 0.1) is 11.9 Å². The molecular formula is C13H16N2. The monoisotopic (exact) mass is 200 g/mol. The Kier molecular flexibility index (Phi) is 2.58. The predicted molar refractivity (Wildman–Crippen MR) is 62.4 cm³/mol. The number of benzene rings is 1. The first kappa shape index (κ1) is 9.97. The van der Waals surface area contributed by atoms with Crippen molar-refractivity contribution in [3.8, 4) is 5.69 Å². The molecule has 78 valence electrons. The molecule has 0 spiro atoms. The Labute approximate surface area is 90.6 Å². The standard InChI is InChI=1S/C13H16N2/c1-10(2)12-8-14-15(9-12)13-6-4-11(3)5-7-13/h4-10H,1-3H3. The molecule has 2 heteroatoms. The summed E-state index contributed by atoms with van der Waals surface area (Å²) >= 11 is 0. The van der Waals surface area contributed by atoms with E-state index in [2.05, 4.69) is 56.3 Å². The first-order valence-electron chi connectivity index (χ1n) is 5.28. The molecule has 0 saturated carbocycles. The molecule has 2 aromatic rings. The Bertz CT molecular complexity index is 438. The van der Waals surface area contributed by atoms with E-state index in [0.717, 1.165) is 5.69 Å². The zero-order valence-electron chi connectivity index (χ0n) is 9.44. The van der Waals surface area contributed by atoms with Crippen molar-refractivity contribution in [1.82, 2.24) is 9.78 Å². The minimum Gasteiger partial charge on any atom is -0.241 e.